The van der Waals surface area contributed by atoms with E-state index in [9.17, 15) is 0 Å². The Bertz CT molecular complexity index is 660. The molecule has 0 heterocycles. The van der Waals surface area contributed by atoms with Crippen LogP contribution >= 0.6 is 0 Å². The van der Waals surface area contributed by atoms with Crippen LogP contribution < -0.4 is 0 Å². The van der Waals surface area contributed by atoms with Crippen LogP contribution in [-0.2, 0) is 6.42 Å². The van der Waals surface area contributed by atoms with E-state index in [4.69, 9.17) is 4.99 Å². The van der Waals surface area contributed by atoms with E-state index < -0.39 is 0 Å². The average molecular weight is 320 g/mol. The number of aliphatic imine (C=N–C) groups is 2. The zero-order valence-electron chi connectivity index (χ0n) is 14.9. The van der Waals surface area contributed by atoms with Gasteiger partial charge in [-0.3, -0.25) is 9.98 Å². The van der Waals surface area contributed by atoms with Gasteiger partial charge in [-0.1, -0.05) is 48.6 Å². The van der Waals surface area contributed by atoms with Crippen LogP contribution in [0.3, 0.4) is 0 Å². The number of hydrogen-bond acceptors (Lipinski definition) is 2. The fourth-order valence-electron chi connectivity index (χ4n) is 3.26. The van der Waals surface area contributed by atoms with Gasteiger partial charge >= 0.3 is 0 Å². The molecule has 1 unspecified atom stereocenters. The summed E-state index contributed by atoms with van der Waals surface area (Å²) in [6, 6.07) is 10.5. The van der Waals surface area contributed by atoms with Crippen LogP contribution in [0.25, 0.3) is 0 Å². The third-order valence-corrected chi connectivity index (χ3v) is 5.02. The average Bonchev–Trinajstić information content (AvgIpc) is 3.46. The summed E-state index contributed by atoms with van der Waals surface area (Å²) in [4.78, 5) is 9.23. The summed E-state index contributed by atoms with van der Waals surface area (Å²) in [5.41, 5.74) is 5.04. The molecule has 2 aliphatic carbocycles. The van der Waals surface area contributed by atoms with Crippen molar-refractivity contribution in [2.75, 3.05) is 13.6 Å². The van der Waals surface area contributed by atoms with Gasteiger partial charge < -0.3 is 0 Å². The second kappa shape index (κ2) is 8.23. The smallest absolute Gasteiger partial charge is 0.0595 e. The van der Waals surface area contributed by atoms with Crippen LogP contribution in [0.2, 0.25) is 0 Å². The molecule has 0 bridgehead atoms. The highest BCUT2D eigenvalue weighted by molar-refractivity contribution is 6.41. The maximum Gasteiger partial charge on any atom is 0.0595 e. The van der Waals surface area contributed by atoms with Gasteiger partial charge in [-0.25, -0.2) is 0 Å². The standard InChI is InChI=1S/C22H28N2/c1-17(22(23-2)16-19-6-4-3-5-7-19)24-15-14-18-8-10-20(11-9-18)21-12-13-21/h3-8,10-11,18,21H,9,12-16H2,1-2H3. The maximum absolute atomic E-state index is 4.78. The second-order valence-electron chi connectivity index (χ2n) is 6.92. The van der Waals surface area contributed by atoms with Crippen molar-refractivity contribution in [1.29, 1.82) is 0 Å². The van der Waals surface area contributed by atoms with Gasteiger partial charge in [0.15, 0.2) is 0 Å². The molecule has 126 valence electrons. The first-order chi connectivity index (χ1) is 11.8. The van der Waals surface area contributed by atoms with E-state index >= 15 is 0 Å². The van der Waals surface area contributed by atoms with E-state index in [1.165, 1.54) is 24.8 Å². The number of benzene rings is 1. The lowest BCUT2D eigenvalue weighted by Gasteiger charge is -2.15. The largest absolute Gasteiger partial charge is 0.291 e. The summed E-state index contributed by atoms with van der Waals surface area (Å²) in [6.45, 7) is 2.98. The molecule has 0 aliphatic heterocycles. The first-order valence-electron chi connectivity index (χ1n) is 9.15. The van der Waals surface area contributed by atoms with Gasteiger partial charge in [-0.15, -0.1) is 0 Å². The molecule has 1 atom stereocenters. The van der Waals surface area contributed by atoms with Crippen LogP contribution in [-0.4, -0.2) is 25.0 Å². The Morgan fingerprint density at radius 1 is 1.17 bits per heavy atom. The van der Waals surface area contributed by atoms with Gasteiger partial charge in [0, 0.05) is 20.0 Å². The fourth-order valence-corrected chi connectivity index (χ4v) is 3.26. The fraction of sp³-hybridized carbons (Fsp3) is 0.455. The normalized spacial score (nSPS) is 21.8. The molecule has 0 saturated heterocycles. The Hall–Kier alpha value is -1.96. The molecular formula is C22H28N2. The highest BCUT2D eigenvalue weighted by Crippen LogP contribution is 2.39. The predicted octanol–water partition coefficient (Wildman–Crippen LogP) is 5.06. The Morgan fingerprint density at radius 2 is 1.96 bits per heavy atom. The molecule has 3 rings (SSSR count). The van der Waals surface area contributed by atoms with E-state index in [1.54, 1.807) is 5.57 Å². The second-order valence-corrected chi connectivity index (χ2v) is 6.92. The Labute approximate surface area is 146 Å². The lowest BCUT2D eigenvalue weighted by Crippen LogP contribution is -2.15. The summed E-state index contributed by atoms with van der Waals surface area (Å²) < 4.78 is 0. The van der Waals surface area contributed by atoms with Crippen molar-refractivity contribution in [3.63, 3.8) is 0 Å². The van der Waals surface area contributed by atoms with Crippen LogP contribution in [0.5, 0.6) is 0 Å². The summed E-state index contributed by atoms with van der Waals surface area (Å²) >= 11 is 0. The van der Waals surface area contributed by atoms with E-state index in [0.717, 1.165) is 36.7 Å². The number of nitrogens with zero attached hydrogens (tertiary/aromatic N) is 2. The maximum atomic E-state index is 4.78. The summed E-state index contributed by atoms with van der Waals surface area (Å²) in [7, 11) is 1.87. The van der Waals surface area contributed by atoms with Gasteiger partial charge in [0.1, 0.15) is 0 Å². The molecule has 0 radical (unpaired) electrons. The molecule has 0 aromatic heterocycles. The van der Waals surface area contributed by atoms with Crippen LogP contribution in [0.1, 0.15) is 38.2 Å². The van der Waals surface area contributed by atoms with Crippen LogP contribution in [0, 0.1) is 11.8 Å². The minimum atomic E-state index is 0.653. The summed E-state index contributed by atoms with van der Waals surface area (Å²) in [6.07, 6.45) is 13.2. The van der Waals surface area contributed by atoms with Crippen molar-refractivity contribution in [3.05, 3.63) is 59.7 Å². The van der Waals surface area contributed by atoms with E-state index in [2.05, 4.69) is 54.4 Å². The number of allylic oxidation sites excluding steroid dienone is 4. The number of rotatable bonds is 7. The highest BCUT2D eigenvalue weighted by Gasteiger charge is 2.25. The molecule has 2 nitrogen and oxygen atoms in total. The van der Waals surface area contributed by atoms with Crippen molar-refractivity contribution in [3.8, 4) is 0 Å². The summed E-state index contributed by atoms with van der Waals surface area (Å²) in [5, 5.41) is 0. The molecule has 1 aromatic carbocycles. The molecule has 0 amide bonds. The minimum Gasteiger partial charge on any atom is -0.291 e. The SMILES string of the molecule is CN=C(Cc1ccccc1)C(C)=NCCC1C=CC(C2CC2)=CC1. The molecule has 0 spiro atoms. The summed E-state index contributed by atoms with van der Waals surface area (Å²) in [5.74, 6) is 1.53. The third-order valence-electron chi connectivity index (χ3n) is 5.02. The van der Waals surface area contributed by atoms with Crippen molar-refractivity contribution < 1.29 is 0 Å². The van der Waals surface area contributed by atoms with E-state index in [1.807, 2.05) is 13.1 Å². The molecule has 1 aromatic rings. The highest BCUT2D eigenvalue weighted by atomic mass is 14.8. The van der Waals surface area contributed by atoms with Crippen LogP contribution in [0.15, 0.2) is 64.1 Å². The van der Waals surface area contributed by atoms with Crippen molar-refractivity contribution in [2.45, 2.75) is 39.0 Å². The first-order valence-corrected chi connectivity index (χ1v) is 9.15. The van der Waals surface area contributed by atoms with E-state index in [-0.39, 0.29) is 0 Å². The Morgan fingerprint density at radius 3 is 2.58 bits per heavy atom. The van der Waals surface area contributed by atoms with Gasteiger partial charge in [0.2, 0.25) is 0 Å². The van der Waals surface area contributed by atoms with Gasteiger partial charge in [-0.2, -0.15) is 0 Å². The molecule has 1 fully saturated rings. The molecule has 24 heavy (non-hydrogen) atoms. The minimum absolute atomic E-state index is 0.653. The molecule has 2 aliphatic rings. The first kappa shape index (κ1) is 16.9. The lowest BCUT2D eigenvalue weighted by atomic mass is 9.92. The van der Waals surface area contributed by atoms with E-state index in [0.29, 0.717) is 5.92 Å². The molecular weight excluding hydrogens is 292 g/mol. The van der Waals surface area contributed by atoms with Crippen molar-refractivity contribution >= 4 is 11.4 Å². The van der Waals surface area contributed by atoms with Crippen molar-refractivity contribution in [2.24, 2.45) is 21.8 Å². The Balaban J connectivity index is 1.47. The number of hydrogen-bond donors (Lipinski definition) is 0. The third kappa shape index (κ3) is 4.77. The predicted molar refractivity (Wildman–Crippen MR) is 104 cm³/mol. The van der Waals surface area contributed by atoms with Gasteiger partial charge in [0.05, 0.1) is 11.4 Å². The quantitative estimate of drug-likeness (QED) is 0.627. The van der Waals surface area contributed by atoms with Gasteiger partial charge in [0.25, 0.3) is 0 Å². The van der Waals surface area contributed by atoms with Crippen molar-refractivity contribution in [1.82, 2.24) is 0 Å². The topological polar surface area (TPSA) is 24.7 Å². The molecule has 2 heteroatoms. The Kier molecular flexibility index (Phi) is 5.79. The monoisotopic (exact) mass is 320 g/mol. The lowest BCUT2D eigenvalue weighted by molar-refractivity contribution is 0.599. The van der Waals surface area contributed by atoms with Crippen LogP contribution in [0.4, 0.5) is 0 Å². The zero-order valence-corrected chi connectivity index (χ0v) is 14.9. The van der Waals surface area contributed by atoms with Gasteiger partial charge in [-0.05, 0) is 55.6 Å². The molecule has 0 N–H and O–H groups in total. The zero-order chi connectivity index (χ0) is 16.8. The molecule has 1 saturated carbocycles.